The number of nitrogens with one attached hydrogen (secondary N) is 2. The van der Waals surface area contributed by atoms with E-state index in [1.807, 2.05) is 22.9 Å². The highest BCUT2D eigenvalue weighted by molar-refractivity contribution is 7.10. The van der Waals surface area contributed by atoms with Crippen LogP contribution in [-0.2, 0) is 6.54 Å². The van der Waals surface area contributed by atoms with Gasteiger partial charge in [-0.25, -0.2) is 0 Å². The molecule has 0 aliphatic rings. The fourth-order valence-corrected chi connectivity index (χ4v) is 2.68. The van der Waals surface area contributed by atoms with Crippen molar-refractivity contribution in [3.63, 3.8) is 0 Å². The summed E-state index contributed by atoms with van der Waals surface area (Å²) in [6, 6.07) is 4.05. The molecule has 2 rings (SSSR count). The van der Waals surface area contributed by atoms with Crippen LogP contribution in [0.2, 0.25) is 0 Å². The zero-order valence-electron chi connectivity index (χ0n) is 8.60. The Balaban J connectivity index is 1.78. The number of hydrogen-bond donors (Lipinski definition) is 3. The van der Waals surface area contributed by atoms with Crippen LogP contribution in [0.5, 0.6) is 0 Å². The first kappa shape index (κ1) is 11.5. The van der Waals surface area contributed by atoms with Gasteiger partial charge < -0.3 is 16.0 Å². The Morgan fingerprint density at radius 2 is 2.38 bits per heavy atom. The number of aromatic nitrogens is 1. The number of H-pyrrole nitrogens is 1. The average Bonchev–Trinajstić information content (AvgIpc) is 2.89. The Labute approximate surface area is 101 Å². The van der Waals surface area contributed by atoms with Crippen molar-refractivity contribution in [1.82, 2.24) is 10.3 Å². The summed E-state index contributed by atoms with van der Waals surface area (Å²) in [7, 11) is 0. The molecule has 2 heterocycles. The molecule has 0 aliphatic carbocycles. The first-order valence-corrected chi connectivity index (χ1v) is 6.68. The van der Waals surface area contributed by atoms with Gasteiger partial charge in [0.1, 0.15) is 0 Å². The molecule has 0 saturated heterocycles. The van der Waals surface area contributed by atoms with Crippen LogP contribution in [0.15, 0.2) is 27.7 Å². The molecule has 1 unspecified atom stereocenters. The Kier molecular flexibility index (Phi) is 3.89. The second-order valence-corrected chi connectivity index (χ2v) is 5.25. The molecule has 4 nitrogen and oxygen atoms in total. The second kappa shape index (κ2) is 5.40. The van der Waals surface area contributed by atoms with Crippen LogP contribution >= 0.6 is 22.7 Å². The predicted molar refractivity (Wildman–Crippen MR) is 67.9 cm³/mol. The molecule has 6 heteroatoms. The lowest BCUT2D eigenvalue weighted by Gasteiger charge is -2.09. The van der Waals surface area contributed by atoms with E-state index in [2.05, 4.69) is 10.3 Å². The highest BCUT2D eigenvalue weighted by atomic mass is 32.1. The van der Waals surface area contributed by atoms with Crippen molar-refractivity contribution in [3.8, 4) is 0 Å². The van der Waals surface area contributed by atoms with E-state index in [4.69, 9.17) is 5.73 Å². The van der Waals surface area contributed by atoms with Gasteiger partial charge in [0, 0.05) is 29.0 Å². The summed E-state index contributed by atoms with van der Waals surface area (Å²) in [4.78, 5) is 14.8. The Morgan fingerprint density at radius 3 is 3.00 bits per heavy atom. The van der Waals surface area contributed by atoms with Crippen LogP contribution in [0.25, 0.3) is 0 Å². The van der Waals surface area contributed by atoms with E-state index in [0.717, 1.165) is 5.69 Å². The number of nitrogens with two attached hydrogens (primary N) is 1. The molecular weight excluding hydrogens is 242 g/mol. The quantitative estimate of drug-likeness (QED) is 0.754. The van der Waals surface area contributed by atoms with E-state index >= 15 is 0 Å². The number of thiazole rings is 1. The summed E-state index contributed by atoms with van der Waals surface area (Å²) in [5, 5.41) is 7.07. The molecule has 0 amide bonds. The summed E-state index contributed by atoms with van der Waals surface area (Å²) in [5.74, 6) is 0. The van der Waals surface area contributed by atoms with Crippen molar-refractivity contribution in [2.75, 3.05) is 6.54 Å². The van der Waals surface area contributed by atoms with Gasteiger partial charge in [-0.3, -0.25) is 4.79 Å². The number of rotatable bonds is 5. The van der Waals surface area contributed by atoms with Gasteiger partial charge in [-0.05, 0) is 11.4 Å². The molecule has 0 aromatic carbocycles. The third-order valence-corrected chi connectivity index (χ3v) is 3.88. The largest absolute Gasteiger partial charge is 0.322 e. The first-order valence-electron chi connectivity index (χ1n) is 4.92. The average molecular weight is 255 g/mol. The zero-order chi connectivity index (χ0) is 11.4. The van der Waals surface area contributed by atoms with Crippen LogP contribution in [0.1, 0.15) is 16.6 Å². The fraction of sp³-hybridized carbons (Fsp3) is 0.300. The van der Waals surface area contributed by atoms with E-state index in [0.29, 0.717) is 13.1 Å². The monoisotopic (exact) mass is 255 g/mol. The van der Waals surface area contributed by atoms with Crippen molar-refractivity contribution in [3.05, 3.63) is 43.1 Å². The van der Waals surface area contributed by atoms with E-state index in [1.165, 1.54) is 16.2 Å². The fourth-order valence-electron chi connectivity index (χ4n) is 1.37. The molecule has 0 bridgehead atoms. The van der Waals surface area contributed by atoms with Crippen molar-refractivity contribution in [2.45, 2.75) is 12.6 Å². The topological polar surface area (TPSA) is 70.9 Å². The van der Waals surface area contributed by atoms with Gasteiger partial charge in [0.2, 0.25) is 0 Å². The van der Waals surface area contributed by atoms with Crippen molar-refractivity contribution >= 4 is 22.7 Å². The minimum Gasteiger partial charge on any atom is -0.322 e. The summed E-state index contributed by atoms with van der Waals surface area (Å²) in [6.07, 6.45) is 0. The maximum Gasteiger partial charge on any atom is 0.304 e. The number of thiophene rings is 1. The Hall–Kier alpha value is -0.950. The van der Waals surface area contributed by atoms with Gasteiger partial charge in [-0.2, -0.15) is 0 Å². The standard InChI is InChI=1S/C10H13N3OS2/c11-8(9-2-1-3-15-9)5-12-4-7-6-16-10(14)13-7/h1-3,6,8,12H,4-5,11H2,(H,13,14). The molecule has 0 spiro atoms. The van der Waals surface area contributed by atoms with Gasteiger partial charge in [0.05, 0.1) is 6.04 Å². The van der Waals surface area contributed by atoms with Crippen LogP contribution in [0, 0.1) is 0 Å². The predicted octanol–water partition coefficient (Wildman–Crippen LogP) is 1.29. The van der Waals surface area contributed by atoms with Crippen LogP contribution in [0.4, 0.5) is 0 Å². The van der Waals surface area contributed by atoms with Crippen LogP contribution in [-0.4, -0.2) is 11.5 Å². The van der Waals surface area contributed by atoms with Gasteiger partial charge in [-0.1, -0.05) is 17.4 Å². The normalized spacial score (nSPS) is 12.8. The summed E-state index contributed by atoms with van der Waals surface area (Å²) in [6.45, 7) is 1.36. The van der Waals surface area contributed by atoms with Crippen LogP contribution in [0.3, 0.4) is 0 Å². The number of aromatic amines is 1. The first-order chi connectivity index (χ1) is 7.75. The highest BCUT2D eigenvalue weighted by Crippen LogP contribution is 2.15. The van der Waals surface area contributed by atoms with Gasteiger partial charge in [0.15, 0.2) is 0 Å². The second-order valence-electron chi connectivity index (χ2n) is 3.43. The highest BCUT2D eigenvalue weighted by Gasteiger charge is 2.06. The summed E-state index contributed by atoms with van der Waals surface area (Å²) in [5.41, 5.74) is 6.90. The van der Waals surface area contributed by atoms with Gasteiger partial charge >= 0.3 is 4.87 Å². The SMILES string of the molecule is NC(CNCc1csc(=O)[nH]1)c1cccs1. The molecule has 86 valence electrons. The van der Waals surface area contributed by atoms with Crippen LogP contribution < -0.4 is 15.9 Å². The smallest absolute Gasteiger partial charge is 0.304 e. The minimum atomic E-state index is -0.0145. The lowest BCUT2D eigenvalue weighted by atomic mass is 10.2. The maximum absolute atomic E-state index is 10.9. The molecule has 4 N–H and O–H groups in total. The lowest BCUT2D eigenvalue weighted by molar-refractivity contribution is 0.599. The molecule has 0 radical (unpaired) electrons. The van der Waals surface area contributed by atoms with Crippen molar-refractivity contribution in [1.29, 1.82) is 0 Å². The number of hydrogen-bond acceptors (Lipinski definition) is 5. The molecular formula is C10H13N3OS2. The maximum atomic E-state index is 10.9. The van der Waals surface area contributed by atoms with E-state index < -0.39 is 0 Å². The van der Waals surface area contributed by atoms with Crippen molar-refractivity contribution < 1.29 is 0 Å². The van der Waals surface area contributed by atoms with Crippen molar-refractivity contribution in [2.24, 2.45) is 5.73 Å². The zero-order valence-corrected chi connectivity index (χ0v) is 10.2. The molecule has 16 heavy (non-hydrogen) atoms. The van der Waals surface area contributed by atoms with E-state index in [-0.39, 0.29) is 10.9 Å². The molecule has 0 saturated carbocycles. The van der Waals surface area contributed by atoms with E-state index in [1.54, 1.807) is 11.3 Å². The summed E-state index contributed by atoms with van der Waals surface area (Å²) < 4.78 is 0. The molecule has 1 atom stereocenters. The minimum absolute atomic E-state index is 0.0145. The van der Waals surface area contributed by atoms with Gasteiger partial charge in [0.25, 0.3) is 0 Å². The molecule has 2 aromatic rings. The molecule has 0 aliphatic heterocycles. The summed E-state index contributed by atoms with van der Waals surface area (Å²) >= 11 is 2.84. The van der Waals surface area contributed by atoms with Gasteiger partial charge in [-0.15, -0.1) is 11.3 Å². The Bertz CT molecular complexity index is 474. The Morgan fingerprint density at radius 1 is 1.50 bits per heavy atom. The van der Waals surface area contributed by atoms with E-state index in [9.17, 15) is 4.79 Å². The lowest BCUT2D eigenvalue weighted by Crippen LogP contribution is -2.26. The third kappa shape index (κ3) is 3.02. The molecule has 0 fully saturated rings. The molecule has 2 aromatic heterocycles. The third-order valence-electron chi connectivity index (χ3n) is 2.16.